The number of nitrogens with zero attached hydrogens (tertiary/aromatic N) is 1. The molecule has 0 spiro atoms. The van der Waals surface area contributed by atoms with Crippen molar-refractivity contribution in [3.05, 3.63) is 29.6 Å². The van der Waals surface area contributed by atoms with Crippen molar-refractivity contribution in [2.45, 2.75) is 45.6 Å². The average molecular weight is 218 g/mol. The van der Waals surface area contributed by atoms with Crippen LogP contribution in [0.5, 0.6) is 0 Å². The molecule has 0 radical (unpaired) electrons. The summed E-state index contributed by atoms with van der Waals surface area (Å²) in [6, 6.07) is 2.11. The monoisotopic (exact) mass is 218 g/mol. The van der Waals surface area contributed by atoms with Gasteiger partial charge in [0, 0.05) is 18.9 Å². The van der Waals surface area contributed by atoms with Crippen molar-refractivity contribution in [1.29, 1.82) is 0 Å². The summed E-state index contributed by atoms with van der Waals surface area (Å²) in [4.78, 5) is 4.12. The summed E-state index contributed by atoms with van der Waals surface area (Å²) in [6.07, 6.45) is 11.0. The maximum Gasteiger partial charge on any atom is 0.0300 e. The third kappa shape index (κ3) is 3.31. The summed E-state index contributed by atoms with van der Waals surface area (Å²) in [7, 11) is 0. The third-order valence-electron chi connectivity index (χ3n) is 3.61. The Labute approximate surface area is 98.5 Å². The first-order chi connectivity index (χ1) is 7.86. The fourth-order valence-corrected chi connectivity index (χ4v) is 2.50. The van der Waals surface area contributed by atoms with Crippen LogP contribution in [0.4, 0.5) is 0 Å². The Kier molecular flexibility index (Phi) is 4.34. The molecule has 2 heteroatoms. The van der Waals surface area contributed by atoms with Crippen molar-refractivity contribution in [3.63, 3.8) is 0 Å². The molecule has 0 unspecified atom stereocenters. The summed E-state index contributed by atoms with van der Waals surface area (Å²) in [5.74, 6) is 0.913. The predicted octanol–water partition coefficient (Wildman–Crippen LogP) is 3.06. The van der Waals surface area contributed by atoms with Crippen LogP contribution in [0.3, 0.4) is 0 Å². The lowest BCUT2D eigenvalue weighted by atomic mass is 9.89. The lowest BCUT2D eigenvalue weighted by Gasteiger charge is -2.22. The normalized spacial score (nSPS) is 17.6. The second-order valence-corrected chi connectivity index (χ2v) is 4.94. The molecule has 1 aliphatic carbocycles. The second-order valence-electron chi connectivity index (χ2n) is 4.94. The highest BCUT2D eigenvalue weighted by Gasteiger charge is 2.12. The van der Waals surface area contributed by atoms with Crippen LogP contribution in [0.15, 0.2) is 18.5 Å². The van der Waals surface area contributed by atoms with Gasteiger partial charge in [0.1, 0.15) is 0 Å². The van der Waals surface area contributed by atoms with Gasteiger partial charge in [-0.05, 0) is 49.4 Å². The van der Waals surface area contributed by atoms with E-state index in [4.69, 9.17) is 0 Å². The molecule has 0 amide bonds. The molecule has 2 rings (SSSR count). The molecule has 0 atom stereocenters. The summed E-state index contributed by atoms with van der Waals surface area (Å²) >= 11 is 0. The van der Waals surface area contributed by atoms with Crippen LogP contribution in [0.2, 0.25) is 0 Å². The van der Waals surface area contributed by atoms with Crippen LogP contribution in [0.1, 0.15) is 43.2 Å². The highest BCUT2D eigenvalue weighted by molar-refractivity contribution is 5.21. The van der Waals surface area contributed by atoms with E-state index in [0.29, 0.717) is 0 Å². The number of pyridine rings is 1. The minimum atomic E-state index is 0.913. The van der Waals surface area contributed by atoms with Crippen molar-refractivity contribution in [3.8, 4) is 0 Å². The summed E-state index contributed by atoms with van der Waals surface area (Å²) in [5.41, 5.74) is 2.67. The van der Waals surface area contributed by atoms with E-state index in [2.05, 4.69) is 23.3 Å². The Morgan fingerprint density at radius 1 is 1.31 bits per heavy atom. The molecule has 1 aromatic heterocycles. The number of hydrogen-bond acceptors (Lipinski definition) is 2. The standard InChI is InChI=1S/C14H22N2/c1-12-9-15-8-7-14(12)11-16-10-13-5-3-2-4-6-13/h7-9,13,16H,2-6,10-11H2,1H3. The van der Waals surface area contributed by atoms with Gasteiger partial charge in [-0.2, -0.15) is 0 Å². The van der Waals surface area contributed by atoms with E-state index in [1.807, 2.05) is 12.4 Å². The number of rotatable bonds is 4. The number of hydrogen-bond donors (Lipinski definition) is 1. The van der Waals surface area contributed by atoms with Gasteiger partial charge < -0.3 is 5.32 Å². The molecule has 16 heavy (non-hydrogen) atoms. The Balaban J connectivity index is 1.73. The smallest absolute Gasteiger partial charge is 0.0300 e. The third-order valence-corrected chi connectivity index (χ3v) is 3.61. The predicted molar refractivity (Wildman–Crippen MR) is 67.3 cm³/mol. The van der Waals surface area contributed by atoms with Crippen molar-refractivity contribution >= 4 is 0 Å². The van der Waals surface area contributed by atoms with Crippen molar-refractivity contribution in [2.24, 2.45) is 5.92 Å². The average Bonchev–Trinajstić information content (AvgIpc) is 2.33. The molecule has 0 saturated heterocycles. The van der Waals surface area contributed by atoms with Crippen LogP contribution in [-0.2, 0) is 6.54 Å². The Bertz CT molecular complexity index is 316. The van der Waals surface area contributed by atoms with Gasteiger partial charge in [-0.25, -0.2) is 0 Å². The van der Waals surface area contributed by atoms with E-state index < -0.39 is 0 Å². The van der Waals surface area contributed by atoms with Gasteiger partial charge >= 0.3 is 0 Å². The maximum atomic E-state index is 4.12. The number of aromatic nitrogens is 1. The van der Waals surface area contributed by atoms with Crippen LogP contribution >= 0.6 is 0 Å². The Hall–Kier alpha value is -0.890. The molecule has 1 heterocycles. The van der Waals surface area contributed by atoms with E-state index in [1.165, 1.54) is 49.8 Å². The van der Waals surface area contributed by atoms with Gasteiger partial charge in [-0.1, -0.05) is 19.3 Å². The lowest BCUT2D eigenvalue weighted by molar-refractivity contribution is 0.342. The molecule has 0 aromatic carbocycles. The Morgan fingerprint density at radius 3 is 2.88 bits per heavy atom. The van der Waals surface area contributed by atoms with Gasteiger partial charge in [-0.3, -0.25) is 4.98 Å². The van der Waals surface area contributed by atoms with E-state index in [-0.39, 0.29) is 0 Å². The highest BCUT2D eigenvalue weighted by Crippen LogP contribution is 2.22. The largest absolute Gasteiger partial charge is 0.312 e. The molecular weight excluding hydrogens is 196 g/mol. The SMILES string of the molecule is Cc1cnccc1CNCC1CCCCC1. The molecule has 1 aliphatic rings. The van der Waals surface area contributed by atoms with Gasteiger partial charge in [-0.15, -0.1) is 0 Å². The highest BCUT2D eigenvalue weighted by atomic mass is 14.9. The van der Waals surface area contributed by atoms with Gasteiger partial charge in [0.25, 0.3) is 0 Å². The zero-order valence-electron chi connectivity index (χ0n) is 10.2. The zero-order chi connectivity index (χ0) is 11.2. The molecule has 1 saturated carbocycles. The molecule has 0 aliphatic heterocycles. The fraction of sp³-hybridized carbons (Fsp3) is 0.643. The quantitative estimate of drug-likeness (QED) is 0.840. The summed E-state index contributed by atoms with van der Waals surface area (Å²) in [5, 5.41) is 3.58. The first-order valence-corrected chi connectivity index (χ1v) is 6.46. The number of nitrogens with one attached hydrogen (secondary N) is 1. The minimum absolute atomic E-state index is 0.913. The van der Waals surface area contributed by atoms with Crippen molar-refractivity contribution < 1.29 is 0 Å². The van der Waals surface area contributed by atoms with Gasteiger partial charge in [0.2, 0.25) is 0 Å². The fourth-order valence-electron chi connectivity index (χ4n) is 2.50. The first-order valence-electron chi connectivity index (χ1n) is 6.46. The van der Waals surface area contributed by atoms with E-state index >= 15 is 0 Å². The molecular formula is C14H22N2. The van der Waals surface area contributed by atoms with Crippen LogP contribution < -0.4 is 5.32 Å². The second kappa shape index (κ2) is 6.00. The molecule has 1 aromatic rings. The van der Waals surface area contributed by atoms with Crippen LogP contribution in [0.25, 0.3) is 0 Å². The van der Waals surface area contributed by atoms with E-state index in [9.17, 15) is 0 Å². The molecule has 2 nitrogen and oxygen atoms in total. The molecule has 1 N–H and O–H groups in total. The minimum Gasteiger partial charge on any atom is -0.312 e. The number of aryl methyl sites for hydroxylation is 1. The van der Waals surface area contributed by atoms with Crippen molar-refractivity contribution in [2.75, 3.05) is 6.54 Å². The first kappa shape index (κ1) is 11.6. The maximum absolute atomic E-state index is 4.12. The van der Waals surface area contributed by atoms with Crippen LogP contribution in [-0.4, -0.2) is 11.5 Å². The lowest BCUT2D eigenvalue weighted by Crippen LogP contribution is -2.24. The van der Waals surface area contributed by atoms with E-state index in [0.717, 1.165) is 12.5 Å². The summed E-state index contributed by atoms with van der Waals surface area (Å²) in [6.45, 7) is 4.30. The molecule has 1 fully saturated rings. The van der Waals surface area contributed by atoms with Crippen molar-refractivity contribution in [1.82, 2.24) is 10.3 Å². The molecule has 0 bridgehead atoms. The van der Waals surface area contributed by atoms with Gasteiger partial charge in [0.15, 0.2) is 0 Å². The topological polar surface area (TPSA) is 24.9 Å². The zero-order valence-corrected chi connectivity index (χ0v) is 10.2. The van der Waals surface area contributed by atoms with Gasteiger partial charge in [0.05, 0.1) is 0 Å². The summed E-state index contributed by atoms with van der Waals surface area (Å²) < 4.78 is 0. The van der Waals surface area contributed by atoms with E-state index in [1.54, 1.807) is 0 Å². The molecule has 88 valence electrons. The van der Waals surface area contributed by atoms with Crippen LogP contribution in [0, 0.1) is 12.8 Å². The Morgan fingerprint density at radius 2 is 2.12 bits per heavy atom.